The second-order valence-electron chi connectivity index (χ2n) is 4.79. The zero-order chi connectivity index (χ0) is 10.5. The van der Waals surface area contributed by atoms with Gasteiger partial charge in [0.25, 0.3) is 0 Å². The van der Waals surface area contributed by atoms with Crippen molar-refractivity contribution in [3.63, 3.8) is 0 Å². The van der Waals surface area contributed by atoms with E-state index >= 15 is 0 Å². The maximum Gasteiger partial charge on any atom is 0.127 e. The zero-order valence-electron chi connectivity index (χ0n) is 9.61. The Hall–Kier alpha value is -0.370. The van der Waals surface area contributed by atoms with E-state index in [2.05, 4.69) is 39.9 Å². The molecule has 0 fully saturated rings. The Bertz CT molecular complexity index is 154. The summed E-state index contributed by atoms with van der Waals surface area (Å²) in [5.74, 6) is 0. The fourth-order valence-corrected chi connectivity index (χ4v) is 1.15. The number of hydrogen-bond donors (Lipinski definition) is 1. The Morgan fingerprint density at radius 3 is 1.85 bits per heavy atom. The molecule has 0 radical (unpaired) electrons. The summed E-state index contributed by atoms with van der Waals surface area (Å²) >= 11 is 0. The van der Waals surface area contributed by atoms with Crippen LogP contribution < -0.4 is 5.32 Å². The lowest BCUT2D eigenvalue weighted by molar-refractivity contribution is -0.116. The van der Waals surface area contributed by atoms with Crippen LogP contribution in [0.4, 0.5) is 0 Å². The fourth-order valence-electron chi connectivity index (χ4n) is 1.15. The minimum absolute atomic E-state index is 0.0958. The molecule has 0 heterocycles. The predicted octanol–water partition coefficient (Wildman–Crippen LogP) is 2.38. The topological polar surface area (TPSA) is 29.1 Å². The van der Waals surface area contributed by atoms with Gasteiger partial charge in [0.2, 0.25) is 0 Å². The summed E-state index contributed by atoms with van der Waals surface area (Å²) in [6.07, 6.45) is 2.93. The molecule has 0 spiro atoms. The van der Waals surface area contributed by atoms with Crippen LogP contribution in [-0.2, 0) is 4.79 Å². The van der Waals surface area contributed by atoms with Crippen molar-refractivity contribution in [3.05, 3.63) is 0 Å². The first-order valence-electron chi connectivity index (χ1n) is 5.10. The average molecular weight is 185 g/mol. The largest absolute Gasteiger partial charge is 0.311 e. The van der Waals surface area contributed by atoms with E-state index in [1.54, 1.807) is 0 Å². The predicted molar refractivity (Wildman–Crippen MR) is 56.8 cm³/mol. The fraction of sp³-hybridized carbons (Fsp3) is 0.909. The second-order valence-corrected chi connectivity index (χ2v) is 4.79. The number of rotatable bonds is 5. The summed E-state index contributed by atoms with van der Waals surface area (Å²) in [4.78, 5) is 11.0. The minimum atomic E-state index is -0.159. The first-order chi connectivity index (χ1) is 5.89. The van der Waals surface area contributed by atoms with Gasteiger partial charge >= 0.3 is 0 Å². The minimum Gasteiger partial charge on any atom is -0.311 e. The van der Waals surface area contributed by atoms with Crippen LogP contribution in [0.2, 0.25) is 0 Å². The molecule has 0 saturated heterocycles. The van der Waals surface area contributed by atoms with Crippen LogP contribution in [0.25, 0.3) is 0 Å². The van der Waals surface area contributed by atoms with Crippen molar-refractivity contribution < 1.29 is 4.79 Å². The van der Waals surface area contributed by atoms with Crippen LogP contribution in [0.5, 0.6) is 0 Å². The second kappa shape index (κ2) is 4.75. The van der Waals surface area contributed by atoms with Crippen molar-refractivity contribution in [2.24, 2.45) is 5.41 Å². The number of nitrogens with one attached hydrogen (secondary N) is 1. The van der Waals surface area contributed by atoms with Gasteiger partial charge in [0.15, 0.2) is 0 Å². The smallest absolute Gasteiger partial charge is 0.127 e. The third-order valence-corrected chi connectivity index (χ3v) is 2.63. The average Bonchev–Trinajstić information content (AvgIpc) is 2.06. The lowest BCUT2D eigenvalue weighted by atomic mass is 9.83. The summed E-state index contributed by atoms with van der Waals surface area (Å²) in [6, 6.07) is 0. The summed E-state index contributed by atoms with van der Waals surface area (Å²) < 4.78 is 0. The van der Waals surface area contributed by atoms with Crippen molar-refractivity contribution >= 4 is 6.29 Å². The van der Waals surface area contributed by atoms with Crippen molar-refractivity contribution in [1.29, 1.82) is 0 Å². The zero-order valence-corrected chi connectivity index (χ0v) is 9.61. The van der Waals surface area contributed by atoms with Gasteiger partial charge in [0.1, 0.15) is 6.29 Å². The van der Waals surface area contributed by atoms with Crippen molar-refractivity contribution in [1.82, 2.24) is 5.32 Å². The molecule has 0 rings (SSSR count). The third kappa shape index (κ3) is 4.41. The normalized spacial score (nSPS) is 13.0. The summed E-state index contributed by atoms with van der Waals surface area (Å²) in [6.45, 7) is 11.3. The molecule has 0 aliphatic carbocycles. The molecule has 0 aromatic heterocycles. The van der Waals surface area contributed by atoms with Crippen molar-refractivity contribution in [2.75, 3.05) is 6.54 Å². The van der Waals surface area contributed by atoms with Crippen molar-refractivity contribution in [2.45, 2.75) is 53.0 Å². The first-order valence-corrected chi connectivity index (χ1v) is 5.10. The van der Waals surface area contributed by atoms with Gasteiger partial charge < -0.3 is 10.1 Å². The molecule has 0 unspecified atom stereocenters. The highest BCUT2D eigenvalue weighted by Crippen LogP contribution is 2.23. The van der Waals surface area contributed by atoms with Gasteiger partial charge in [-0.15, -0.1) is 0 Å². The molecule has 0 amide bonds. The monoisotopic (exact) mass is 185 g/mol. The van der Waals surface area contributed by atoms with Crippen molar-refractivity contribution in [3.8, 4) is 0 Å². The first kappa shape index (κ1) is 12.6. The molecule has 1 N–H and O–H groups in total. The van der Waals surface area contributed by atoms with Gasteiger partial charge in [0.05, 0.1) is 0 Å². The molecule has 2 heteroatoms. The molecule has 0 aromatic carbocycles. The molecule has 0 aliphatic rings. The Balaban J connectivity index is 4.19. The van der Waals surface area contributed by atoms with Crippen LogP contribution in [-0.4, -0.2) is 18.4 Å². The van der Waals surface area contributed by atoms with E-state index in [0.717, 1.165) is 25.7 Å². The quantitative estimate of drug-likeness (QED) is 0.666. The standard InChI is InChI=1S/C11H23NO/c1-6-11(7-2,9-13)8-12-10(3,4)5/h9,12H,6-8H2,1-5H3. The molecule has 78 valence electrons. The van der Waals surface area contributed by atoms with E-state index < -0.39 is 0 Å². The number of hydrogen-bond acceptors (Lipinski definition) is 2. The van der Waals surface area contributed by atoms with Gasteiger partial charge in [-0.25, -0.2) is 0 Å². The van der Waals surface area contributed by atoms with Crippen LogP contribution in [0.15, 0.2) is 0 Å². The lowest BCUT2D eigenvalue weighted by Gasteiger charge is -2.30. The molecule has 13 heavy (non-hydrogen) atoms. The Kier molecular flexibility index (Phi) is 4.62. The summed E-state index contributed by atoms with van der Waals surface area (Å²) in [5.41, 5.74) is -0.0636. The van der Waals surface area contributed by atoms with Crippen LogP contribution in [0, 0.1) is 5.41 Å². The van der Waals surface area contributed by atoms with E-state index in [9.17, 15) is 4.79 Å². The molecule has 0 bridgehead atoms. The molecule has 0 saturated carbocycles. The van der Waals surface area contributed by atoms with Crippen LogP contribution in [0.1, 0.15) is 47.5 Å². The Labute approximate surface area is 82.1 Å². The number of aldehydes is 1. The highest BCUT2D eigenvalue weighted by Gasteiger charge is 2.26. The van der Waals surface area contributed by atoms with E-state index in [1.807, 2.05) is 0 Å². The van der Waals surface area contributed by atoms with E-state index in [0.29, 0.717) is 0 Å². The third-order valence-electron chi connectivity index (χ3n) is 2.63. The SMILES string of the molecule is CCC(C=O)(CC)CNC(C)(C)C. The van der Waals surface area contributed by atoms with E-state index in [4.69, 9.17) is 0 Å². The number of carbonyl (C=O) groups excluding carboxylic acids is 1. The maximum absolute atomic E-state index is 11.0. The highest BCUT2D eigenvalue weighted by atomic mass is 16.1. The van der Waals surface area contributed by atoms with Gasteiger partial charge in [-0.2, -0.15) is 0 Å². The number of carbonyl (C=O) groups is 1. The van der Waals surface area contributed by atoms with Gasteiger partial charge in [-0.3, -0.25) is 0 Å². The Morgan fingerprint density at radius 2 is 1.62 bits per heavy atom. The molecule has 0 atom stereocenters. The lowest BCUT2D eigenvalue weighted by Crippen LogP contribution is -2.44. The van der Waals surface area contributed by atoms with E-state index in [-0.39, 0.29) is 11.0 Å². The van der Waals surface area contributed by atoms with E-state index in [1.165, 1.54) is 0 Å². The molecule has 0 aromatic rings. The summed E-state index contributed by atoms with van der Waals surface area (Å²) in [5, 5.41) is 3.38. The van der Waals surface area contributed by atoms with Crippen LogP contribution >= 0.6 is 0 Å². The molecule has 0 aliphatic heterocycles. The molecular formula is C11H23NO. The highest BCUT2D eigenvalue weighted by molar-refractivity contribution is 5.59. The molecular weight excluding hydrogens is 162 g/mol. The molecule has 2 nitrogen and oxygen atoms in total. The van der Waals surface area contributed by atoms with Gasteiger partial charge in [-0.1, -0.05) is 13.8 Å². The van der Waals surface area contributed by atoms with Crippen LogP contribution in [0.3, 0.4) is 0 Å². The van der Waals surface area contributed by atoms with Gasteiger partial charge in [-0.05, 0) is 33.6 Å². The maximum atomic E-state index is 11.0. The summed E-state index contributed by atoms with van der Waals surface area (Å²) in [7, 11) is 0. The Morgan fingerprint density at radius 1 is 1.15 bits per heavy atom. The van der Waals surface area contributed by atoms with Gasteiger partial charge in [0, 0.05) is 17.5 Å².